The second-order valence-corrected chi connectivity index (χ2v) is 5.32. The molecule has 0 radical (unpaired) electrons. The number of carbonyl (C=O) groups excluding carboxylic acids is 2. The average Bonchev–Trinajstić information content (AvgIpc) is 2.60. The van der Waals surface area contributed by atoms with E-state index in [2.05, 4.69) is 5.32 Å². The van der Waals surface area contributed by atoms with E-state index in [9.17, 15) is 9.59 Å². The zero-order valence-corrected chi connectivity index (χ0v) is 12.7. The lowest BCUT2D eigenvalue weighted by Gasteiger charge is -2.23. The van der Waals surface area contributed by atoms with Crippen LogP contribution in [0.3, 0.4) is 0 Å². The number of benzene rings is 2. The van der Waals surface area contributed by atoms with Crippen molar-refractivity contribution in [2.45, 2.75) is 19.1 Å². The molecule has 5 heteroatoms. The molecule has 1 atom stereocenters. The van der Waals surface area contributed by atoms with E-state index in [1.165, 1.54) is 0 Å². The van der Waals surface area contributed by atoms with Gasteiger partial charge in [0.2, 0.25) is 0 Å². The van der Waals surface area contributed by atoms with E-state index in [1.54, 1.807) is 19.2 Å². The Balaban J connectivity index is 1.61. The number of cyclic esters (lactones) is 1. The standard InChI is InChI=1S/C18H17NO4/c1-22-14-8-6-12(7-9-14)11-19-17(20)16-10-13-4-2-3-5-15(13)18(21)23-16/h2-9,16H,10-11H2,1H3,(H,19,20)/t16-/m0/s1. The number of hydrogen-bond acceptors (Lipinski definition) is 4. The zero-order chi connectivity index (χ0) is 16.2. The van der Waals surface area contributed by atoms with E-state index < -0.39 is 12.1 Å². The molecular weight excluding hydrogens is 294 g/mol. The first-order valence-electron chi connectivity index (χ1n) is 7.37. The van der Waals surface area contributed by atoms with Crippen LogP contribution in [0, 0.1) is 0 Å². The minimum absolute atomic E-state index is 0.288. The maximum atomic E-state index is 12.2. The van der Waals surface area contributed by atoms with E-state index in [-0.39, 0.29) is 5.91 Å². The van der Waals surface area contributed by atoms with Crippen LogP contribution >= 0.6 is 0 Å². The van der Waals surface area contributed by atoms with E-state index in [0.29, 0.717) is 18.5 Å². The first-order chi connectivity index (χ1) is 11.2. The molecular formula is C18H17NO4. The Bertz CT molecular complexity index is 724. The van der Waals surface area contributed by atoms with Crippen LogP contribution in [0.15, 0.2) is 48.5 Å². The van der Waals surface area contributed by atoms with E-state index in [1.807, 2.05) is 36.4 Å². The molecule has 3 rings (SSSR count). The van der Waals surface area contributed by atoms with Crippen molar-refractivity contribution in [1.82, 2.24) is 5.32 Å². The Morgan fingerprint density at radius 2 is 1.96 bits per heavy atom. The Labute approximate surface area is 134 Å². The molecule has 0 saturated heterocycles. The van der Waals surface area contributed by atoms with Crippen LogP contribution in [-0.2, 0) is 22.5 Å². The van der Waals surface area contributed by atoms with Crippen LogP contribution in [0.4, 0.5) is 0 Å². The minimum Gasteiger partial charge on any atom is -0.497 e. The highest BCUT2D eigenvalue weighted by molar-refractivity contribution is 5.95. The van der Waals surface area contributed by atoms with Crippen molar-refractivity contribution in [3.8, 4) is 5.75 Å². The maximum Gasteiger partial charge on any atom is 0.339 e. The Morgan fingerprint density at radius 3 is 2.70 bits per heavy atom. The van der Waals surface area contributed by atoms with Crippen molar-refractivity contribution in [3.05, 3.63) is 65.2 Å². The SMILES string of the molecule is COc1ccc(CNC(=O)[C@@H]2Cc3ccccc3C(=O)O2)cc1. The fourth-order valence-corrected chi connectivity index (χ4v) is 2.52. The molecule has 1 aliphatic heterocycles. The number of ether oxygens (including phenoxy) is 2. The van der Waals surface area contributed by atoms with Gasteiger partial charge in [0.25, 0.3) is 5.91 Å². The maximum absolute atomic E-state index is 12.2. The molecule has 1 aliphatic rings. The van der Waals surface area contributed by atoms with Crippen LogP contribution in [0.5, 0.6) is 5.75 Å². The number of fused-ring (bicyclic) bond motifs is 1. The molecule has 0 aromatic heterocycles. The molecule has 1 heterocycles. The molecule has 118 valence electrons. The molecule has 0 fully saturated rings. The van der Waals surface area contributed by atoms with E-state index in [0.717, 1.165) is 16.9 Å². The van der Waals surface area contributed by atoms with Crippen molar-refractivity contribution in [2.24, 2.45) is 0 Å². The summed E-state index contributed by atoms with van der Waals surface area (Å²) in [4.78, 5) is 24.2. The number of esters is 1. The summed E-state index contributed by atoms with van der Waals surface area (Å²) in [5.74, 6) is 0.0259. The number of amides is 1. The first-order valence-corrected chi connectivity index (χ1v) is 7.37. The van der Waals surface area contributed by atoms with Gasteiger partial charge in [-0.05, 0) is 29.3 Å². The normalized spacial score (nSPS) is 16.2. The third-order valence-corrected chi connectivity index (χ3v) is 3.81. The largest absolute Gasteiger partial charge is 0.497 e. The smallest absolute Gasteiger partial charge is 0.339 e. The van der Waals surface area contributed by atoms with Crippen molar-refractivity contribution >= 4 is 11.9 Å². The van der Waals surface area contributed by atoms with Gasteiger partial charge >= 0.3 is 5.97 Å². The molecule has 0 spiro atoms. The highest BCUT2D eigenvalue weighted by atomic mass is 16.5. The lowest BCUT2D eigenvalue weighted by atomic mass is 9.98. The van der Waals surface area contributed by atoms with Gasteiger partial charge in [0.15, 0.2) is 6.10 Å². The summed E-state index contributed by atoms with van der Waals surface area (Å²) in [6.45, 7) is 0.374. The van der Waals surface area contributed by atoms with Gasteiger partial charge in [-0.1, -0.05) is 30.3 Å². The van der Waals surface area contributed by atoms with Crippen LogP contribution < -0.4 is 10.1 Å². The molecule has 0 saturated carbocycles. The number of carbonyl (C=O) groups is 2. The molecule has 2 aromatic carbocycles. The number of methoxy groups -OCH3 is 1. The highest BCUT2D eigenvalue weighted by Crippen LogP contribution is 2.20. The second kappa shape index (κ2) is 6.52. The van der Waals surface area contributed by atoms with Crippen molar-refractivity contribution in [1.29, 1.82) is 0 Å². The van der Waals surface area contributed by atoms with Crippen LogP contribution in [0.2, 0.25) is 0 Å². The van der Waals surface area contributed by atoms with Crippen LogP contribution in [-0.4, -0.2) is 25.1 Å². The van der Waals surface area contributed by atoms with Gasteiger partial charge in [-0.2, -0.15) is 0 Å². The lowest BCUT2D eigenvalue weighted by molar-refractivity contribution is -0.130. The minimum atomic E-state index is -0.782. The molecule has 1 N–H and O–H groups in total. The summed E-state index contributed by atoms with van der Waals surface area (Å²) in [6.07, 6.45) is -0.383. The summed E-state index contributed by atoms with van der Waals surface area (Å²) < 4.78 is 10.3. The molecule has 1 amide bonds. The topological polar surface area (TPSA) is 64.6 Å². The first kappa shape index (κ1) is 15.1. The van der Waals surface area contributed by atoms with Crippen LogP contribution in [0.25, 0.3) is 0 Å². The van der Waals surface area contributed by atoms with Gasteiger partial charge in [0, 0.05) is 13.0 Å². The average molecular weight is 311 g/mol. The monoisotopic (exact) mass is 311 g/mol. The number of nitrogens with one attached hydrogen (secondary N) is 1. The molecule has 2 aromatic rings. The van der Waals surface area contributed by atoms with Crippen LogP contribution in [0.1, 0.15) is 21.5 Å². The molecule has 5 nitrogen and oxygen atoms in total. The third kappa shape index (κ3) is 3.34. The summed E-state index contributed by atoms with van der Waals surface area (Å²) in [7, 11) is 1.60. The summed E-state index contributed by atoms with van der Waals surface area (Å²) in [6, 6.07) is 14.6. The summed E-state index contributed by atoms with van der Waals surface area (Å²) in [5, 5.41) is 2.80. The Morgan fingerprint density at radius 1 is 1.22 bits per heavy atom. The molecule has 0 aliphatic carbocycles. The molecule has 0 bridgehead atoms. The lowest BCUT2D eigenvalue weighted by Crippen LogP contribution is -2.41. The number of hydrogen-bond donors (Lipinski definition) is 1. The second-order valence-electron chi connectivity index (χ2n) is 5.32. The predicted octanol–water partition coefficient (Wildman–Crippen LogP) is 2.09. The molecule has 23 heavy (non-hydrogen) atoms. The van der Waals surface area contributed by atoms with Crippen molar-refractivity contribution in [2.75, 3.05) is 7.11 Å². The van der Waals surface area contributed by atoms with E-state index >= 15 is 0 Å². The highest BCUT2D eigenvalue weighted by Gasteiger charge is 2.30. The van der Waals surface area contributed by atoms with E-state index in [4.69, 9.17) is 9.47 Å². The summed E-state index contributed by atoms with van der Waals surface area (Å²) in [5.41, 5.74) is 2.32. The van der Waals surface area contributed by atoms with Crippen molar-refractivity contribution < 1.29 is 19.1 Å². The fraction of sp³-hybridized carbons (Fsp3) is 0.222. The van der Waals surface area contributed by atoms with Gasteiger partial charge < -0.3 is 14.8 Å². The van der Waals surface area contributed by atoms with Gasteiger partial charge in [0.1, 0.15) is 5.75 Å². The third-order valence-electron chi connectivity index (χ3n) is 3.81. The fourth-order valence-electron chi connectivity index (χ4n) is 2.52. The zero-order valence-electron chi connectivity index (χ0n) is 12.7. The van der Waals surface area contributed by atoms with Crippen molar-refractivity contribution in [3.63, 3.8) is 0 Å². The predicted molar refractivity (Wildman–Crippen MR) is 84.2 cm³/mol. The Kier molecular flexibility index (Phi) is 4.28. The number of rotatable bonds is 4. The Hall–Kier alpha value is -2.82. The van der Waals surface area contributed by atoms with Gasteiger partial charge in [-0.15, -0.1) is 0 Å². The quantitative estimate of drug-likeness (QED) is 0.878. The molecule has 0 unspecified atom stereocenters. The van der Waals surface area contributed by atoms with Gasteiger partial charge in [0.05, 0.1) is 12.7 Å². The van der Waals surface area contributed by atoms with Gasteiger partial charge in [-0.25, -0.2) is 4.79 Å². The van der Waals surface area contributed by atoms with Gasteiger partial charge in [-0.3, -0.25) is 4.79 Å². The summed E-state index contributed by atoms with van der Waals surface area (Å²) >= 11 is 0.